The van der Waals surface area contributed by atoms with Gasteiger partial charge in [-0.25, -0.2) is 26.6 Å². The van der Waals surface area contributed by atoms with Gasteiger partial charge in [0.15, 0.2) is 5.78 Å². The van der Waals surface area contributed by atoms with E-state index in [9.17, 15) is 39.6 Å². The van der Waals surface area contributed by atoms with E-state index in [1.54, 1.807) is 0 Å². The Morgan fingerprint density at radius 1 is 1.14 bits per heavy atom. The number of halogens is 6. The maximum absolute atomic E-state index is 14.9. The Morgan fingerprint density at radius 2 is 1.77 bits per heavy atom. The van der Waals surface area contributed by atoms with Crippen molar-refractivity contribution in [1.82, 2.24) is 9.29 Å². The zero-order chi connectivity index (χ0) is 25.7. The highest BCUT2D eigenvalue weighted by Gasteiger charge is 2.49. The summed E-state index contributed by atoms with van der Waals surface area (Å²) in [5.41, 5.74) is -1.90. The number of benzene rings is 1. The van der Waals surface area contributed by atoms with Crippen LogP contribution in [0.25, 0.3) is 0 Å². The number of aromatic nitrogens is 1. The van der Waals surface area contributed by atoms with Crippen LogP contribution in [-0.4, -0.2) is 41.7 Å². The van der Waals surface area contributed by atoms with E-state index >= 15 is 0 Å². The van der Waals surface area contributed by atoms with E-state index in [0.717, 1.165) is 24.3 Å². The number of carbonyl (C=O) groups is 1. The van der Waals surface area contributed by atoms with Crippen molar-refractivity contribution in [3.8, 4) is 0 Å². The van der Waals surface area contributed by atoms with Gasteiger partial charge in [0.1, 0.15) is 23.5 Å². The normalized spacial score (nSPS) is 23.6. The molecule has 1 aromatic carbocycles. The van der Waals surface area contributed by atoms with Crippen molar-refractivity contribution < 1.29 is 39.6 Å². The van der Waals surface area contributed by atoms with Crippen molar-refractivity contribution in [2.45, 2.75) is 74.3 Å². The predicted octanol–water partition coefficient (Wildman–Crippen LogP) is 4.95. The monoisotopic (exact) mass is 520 g/mol. The number of Topliss-reactive ketones (excluding diaryl/α,β-unsaturated/α-hetero) is 1. The second-order valence-corrected chi connectivity index (χ2v) is 10.7. The van der Waals surface area contributed by atoms with Gasteiger partial charge >= 0.3 is 6.18 Å². The van der Waals surface area contributed by atoms with Gasteiger partial charge in [-0.15, -0.1) is 0 Å². The van der Waals surface area contributed by atoms with Crippen LogP contribution in [0.4, 0.5) is 26.3 Å². The Morgan fingerprint density at radius 3 is 2.34 bits per heavy atom. The van der Waals surface area contributed by atoms with Crippen molar-refractivity contribution in [3.05, 3.63) is 58.9 Å². The van der Waals surface area contributed by atoms with Crippen LogP contribution in [0, 0.1) is 11.6 Å². The first-order valence-electron chi connectivity index (χ1n) is 11.0. The molecule has 0 spiro atoms. The summed E-state index contributed by atoms with van der Waals surface area (Å²) in [6.07, 6.45) is -6.83. The molecule has 1 saturated carbocycles. The molecule has 5 nitrogen and oxygen atoms in total. The van der Waals surface area contributed by atoms with Crippen LogP contribution in [0.2, 0.25) is 0 Å². The first kappa shape index (κ1) is 25.6. The molecule has 0 unspecified atom stereocenters. The van der Waals surface area contributed by atoms with Crippen LogP contribution in [0.15, 0.2) is 35.2 Å². The lowest BCUT2D eigenvalue weighted by Gasteiger charge is -2.26. The van der Waals surface area contributed by atoms with E-state index in [0.29, 0.717) is 23.2 Å². The van der Waals surface area contributed by atoms with Crippen LogP contribution in [0.5, 0.6) is 0 Å². The van der Waals surface area contributed by atoms with E-state index in [1.165, 1.54) is 6.92 Å². The average molecular weight is 520 g/mol. The van der Waals surface area contributed by atoms with Crippen LogP contribution in [0.3, 0.4) is 0 Å². The Labute approximate surface area is 198 Å². The summed E-state index contributed by atoms with van der Waals surface area (Å²) in [7, 11) is -4.39. The maximum Gasteiger partial charge on any atom is 0.433 e. The highest BCUT2D eigenvalue weighted by Crippen LogP contribution is 2.42. The predicted molar refractivity (Wildman–Crippen MR) is 113 cm³/mol. The Balaban J connectivity index is 1.58. The SMILES string of the molecule is C[C@H]1[C@H](F)C[C@@H](C(=O)CCc2cc(C(F)(F)F)nc(C3CC3)c2F)N1S(=O)(=O)c1ccc(F)cc1. The number of pyridine rings is 1. The second-order valence-electron chi connectivity index (χ2n) is 8.90. The molecular formula is C23H22F6N2O3S. The molecule has 1 aliphatic heterocycles. The fourth-order valence-electron chi connectivity index (χ4n) is 4.33. The molecule has 2 aromatic rings. The summed E-state index contributed by atoms with van der Waals surface area (Å²) in [5.74, 6) is -2.75. The number of rotatable bonds is 7. The van der Waals surface area contributed by atoms with Crippen LogP contribution in [0.1, 0.15) is 55.5 Å². The highest BCUT2D eigenvalue weighted by atomic mass is 32.2. The number of alkyl halides is 4. The number of nitrogens with zero attached hydrogens (tertiary/aromatic N) is 2. The number of carbonyl (C=O) groups excluding carboxylic acids is 1. The first-order chi connectivity index (χ1) is 16.3. The lowest BCUT2D eigenvalue weighted by Crippen LogP contribution is -2.44. The highest BCUT2D eigenvalue weighted by molar-refractivity contribution is 7.89. The molecule has 4 rings (SSSR count). The van der Waals surface area contributed by atoms with Crippen LogP contribution in [-0.2, 0) is 27.4 Å². The smallest absolute Gasteiger partial charge is 0.298 e. The van der Waals surface area contributed by atoms with E-state index in [4.69, 9.17) is 0 Å². The number of ketones is 1. The van der Waals surface area contributed by atoms with Gasteiger partial charge in [-0.05, 0) is 62.1 Å². The Hall–Kier alpha value is -2.47. The second kappa shape index (κ2) is 9.20. The minimum atomic E-state index is -4.81. The molecule has 12 heteroatoms. The third-order valence-electron chi connectivity index (χ3n) is 6.40. The summed E-state index contributed by atoms with van der Waals surface area (Å²) in [6.45, 7) is 1.29. The molecule has 35 heavy (non-hydrogen) atoms. The van der Waals surface area contributed by atoms with Gasteiger partial charge in [0.25, 0.3) is 0 Å². The average Bonchev–Trinajstić information content (AvgIpc) is 3.57. The summed E-state index contributed by atoms with van der Waals surface area (Å²) in [5, 5.41) is 0. The number of hydrogen-bond acceptors (Lipinski definition) is 4. The molecule has 2 heterocycles. The van der Waals surface area contributed by atoms with Crippen molar-refractivity contribution >= 4 is 15.8 Å². The number of aryl methyl sites for hydroxylation is 1. The Kier molecular flexibility index (Phi) is 6.73. The molecule has 0 radical (unpaired) electrons. The van der Waals surface area contributed by atoms with Crippen LogP contribution < -0.4 is 0 Å². The molecule has 2 fully saturated rings. The molecule has 0 bridgehead atoms. The maximum atomic E-state index is 14.9. The third kappa shape index (κ3) is 5.09. The van der Waals surface area contributed by atoms with E-state index in [1.807, 2.05) is 0 Å². The standard InChI is InChI=1S/C23H22F6N2O3S/c1-12-17(25)11-18(31(12)35(33,34)16-7-5-15(24)6-8-16)19(32)9-4-14-10-20(23(27,28)29)30-22(21(14)26)13-2-3-13/h5-8,10,12-13,17-18H,2-4,9,11H2,1H3/t12-,17+,18-/m0/s1. The molecule has 2 aliphatic rings. The topological polar surface area (TPSA) is 67.3 Å². The summed E-state index contributed by atoms with van der Waals surface area (Å²) in [6, 6.07) is 1.75. The third-order valence-corrected chi connectivity index (χ3v) is 8.41. The van der Waals surface area contributed by atoms with Gasteiger partial charge in [0.05, 0.1) is 22.7 Å². The minimum Gasteiger partial charge on any atom is -0.298 e. The largest absolute Gasteiger partial charge is 0.433 e. The van der Waals surface area contributed by atoms with Crippen molar-refractivity contribution in [2.75, 3.05) is 0 Å². The molecular weight excluding hydrogens is 498 g/mol. The lowest BCUT2D eigenvalue weighted by atomic mass is 10.00. The number of hydrogen-bond donors (Lipinski definition) is 0. The van der Waals surface area contributed by atoms with Crippen molar-refractivity contribution in [2.24, 2.45) is 0 Å². The molecule has 1 saturated heterocycles. The molecule has 3 atom stereocenters. The molecule has 0 N–H and O–H groups in total. The van der Waals surface area contributed by atoms with Gasteiger partial charge in [0, 0.05) is 18.8 Å². The minimum absolute atomic E-state index is 0.291. The van der Waals surface area contributed by atoms with Gasteiger partial charge in [0.2, 0.25) is 10.0 Å². The Bertz CT molecular complexity index is 1230. The summed E-state index contributed by atoms with van der Waals surface area (Å²) in [4.78, 5) is 16.1. The fraction of sp³-hybridized carbons (Fsp3) is 0.478. The zero-order valence-electron chi connectivity index (χ0n) is 18.5. The summed E-state index contributed by atoms with van der Waals surface area (Å²) < 4.78 is 109. The first-order valence-corrected chi connectivity index (χ1v) is 12.5. The lowest BCUT2D eigenvalue weighted by molar-refractivity contribution is -0.141. The van der Waals surface area contributed by atoms with Gasteiger partial charge < -0.3 is 0 Å². The van der Waals surface area contributed by atoms with Crippen LogP contribution >= 0.6 is 0 Å². The van der Waals surface area contributed by atoms with Gasteiger partial charge in [-0.3, -0.25) is 4.79 Å². The quantitative estimate of drug-likeness (QED) is 0.485. The molecule has 1 aliphatic carbocycles. The van der Waals surface area contributed by atoms with E-state index < -0.39 is 82.7 Å². The van der Waals surface area contributed by atoms with E-state index in [2.05, 4.69) is 4.98 Å². The number of sulfonamides is 1. The molecule has 1 aromatic heterocycles. The zero-order valence-corrected chi connectivity index (χ0v) is 19.3. The van der Waals surface area contributed by atoms with Crippen molar-refractivity contribution in [1.29, 1.82) is 0 Å². The molecule has 190 valence electrons. The fourth-order valence-corrected chi connectivity index (χ4v) is 6.16. The molecule has 0 amide bonds. The van der Waals surface area contributed by atoms with Gasteiger partial charge in [-0.2, -0.15) is 17.5 Å². The van der Waals surface area contributed by atoms with E-state index in [-0.39, 0.29) is 16.2 Å². The van der Waals surface area contributed by atoms with Gasteiger partial charge in [-0.1, -0.05) is 0 Å². The summed E-state index contributed by atoms with van der Waals surface area (Å²) >= 11 is 0. The van der Waals surface area contributed by atoms with Crippen molar-refractivity contribution in [3.63, 3.8) is 0 Å².